The zero-order chi connectivity index (χ0) is 6.85. The summed E-state index contributed by atoms with van der Waals surface area (Å²) in [6, 6.07) is 0.427. The van der Waals surface area contributed by atoms with Gasteiger partial charge in [-0.25, -0.2) is 0 Å². The molecule has 0 bridgehead atoms. The minimum absolute atomic E-state index is 0.427. The second kappa shape index (κ2) is 2.43. The van der Waals surface area contributed by atoms with Crippen LogP contribution in [0.1, 0.15) is 13.8 Å². The molecule has 0 atom stereocenters. The van der Waals surface area contributed by atoms with Crippen molar-refractivity contribution in [3.63, 3.8) is 0 Å². The number of nitrogens with one attached hydrogen (secondary N) is 1. The highest BCUT2D eigenvalue weighted by molar-refractivity contribution is 6.64. The number of amidine groups is 1. The van der Waals surface area contributed by atoms with E-state index in [0.29, 0.717) is 11.3 Å². The maximum Gasteiger partial charge on any atom is 0.218 e. The highest BCUT2D eigenvalue weighted by atomic mass is 35.5. The van der Waals surface area contributed by atoms with Gasteiger partial charge in [0, 0.05) is 6.04 Å². The number of hydrogen-bond acceptors (Lipinski definition) is 3. The lowest BCUT2D eigenvalue weighted by Gasteiger charge is -2.19. The van der Waals surface area contributed by atoms with Gasteiger partial charge in [0.1, 0.15) is 6.67 Å². The van der Waals surface area contributed by atoms with Crippen LogP contribution < -0.4 is 5.43 Å². The molecule has 0 saturated heterocycles. The number of rotatable bonds is 1. The molecule has 0 amide bonds. The Hall–Kier alpha value is -0.440. The summed E-state index contributed by atoms with van der Waals surface area (Å²) in [5.41, 5.74) is 2.79. The Morgan fingerprint density at radius 3 is 2.67 bits per heavy atom. The first-order valence-electron chi connectivity index (χ1n) is 2.94. The van der Waals surface area contributed by atoms with E-state index in [-0.39, 0.29) is 0 Å². The van der Waals surface area contributed by atoms with E-state index >= 15 is 0 Å². The third kappa shape index (κ3) is 1.27. The van der Waals surface area contributed by atoms with Crippen LogP contribution in [0.3, 0.4) is 0 Å². The molecular formula is C5H10ClN3. The van der Waals surface area contributed by atoms with E-state index in [1.165, 1.54) is 0 Å². The van der Waals surface area contributed by atoms with Gasteiger partial charge in [-0.3, -0.25) is 5.43 Å². The van der Waals surface area contributed by atoms with Gasteiger partial charge < -0.3 is 4.90 Å². The maximum atomic E-state index is 5.69. The first kappa shape index (κ1) is 6.68. The van der Waals surface area contributed by atoms with E-state index in [4.69, 9.17) is 11.6 Å². The van der Waals surface area contributed by atoms with Gasteiger partial charge >= 0.3 is 0 Å². The molecule has 0 unspecified atom stereocenters. The lowest BCUT2D eigenvalue weighted by molar-refractivity contribution is 0.361. The van der Waals surface area contributed by atoms with Crippen LogP contribution in [0.2, 0.25) is 0 Å². The summed E-state index contributed by atoms with van der Waals surface area (Å²) in [6.45, 7) is 4.88. The van der Waals surface area contributed by atoms with Crippen LogP contribution in [-0.4, -0.2) is 22.9 Å². The van der Waals surface area contributed by atoms with Crippen molar-refractivity contribution in [2.75, 3.05) is 6.67 Å². The fourth-order valence-corrected chi connectivity index (χ4v) is 1.02. The molecule has 1 aliphatic heterocycles. The van der Waals surface area contributed by atoms with Crippen molar-refractivity contribution in [2.45, 2.75) is 19.9 Å². The van der Waals surface area contributed by atoms with E-state index in [0.717, 1.165) is 6.67 Å². The smallest absolute Gasteiger partial charge is 0.218 e. The second-order valence-corrected chi connectivity index (χ2v) is 2.60. The molecule has 0 aromatic rings. The predicted octanol–water partition coefficient (Wildman–Crippen LogP) is 0.767. The fraction of sp³-hybridized carbons (Fsp3) is 0.800. The lowest BCUT2D eigenvalue weighted by atomic mass is 10.4. The molecule has 1 aliphatic rings. The van der Waals surface area contributed by atoms with E-state index in [2.05, 4.69) is 24.4 Å². The molecule has 3 nitrogen and oxygen atoms in total. The average molecular weight is 148 g/mol. The van der Waals surface area contributed by atoms with Crippen molar-refractivity contribution in [3.05, 3.63) is 0 Å². The zero-order valence-electron chi connectivity index (χ0n) is 5.56. The van der Waals surface area contributed by atoms with Crippen molar-refractivity contribution in [1.82, 2.24) is 10.3 Å². The normalized spacial score (nSPS) is 18.2. The van der Waals surface area contributed by atoms with Crippen molar-refractivity contribution in [1.29, 1.82) is 0 Å². The summed E-state index contributed by atoms with van der Waals surface area (Å²) < 4.78 is 0. The summed E-state index contributed by atoms with van der Waals surface area (Å²) in [5.74, 6) is 0. The summed E-state index contributed by atoms with van der Waals surface area (Å²) in [4.78, 5) is 1.97. The zero-order valence-corrected chi connectivity index (χ0v) is 6.31. The van der Waals surface area contributed by atoms with Crippen molar-refractivity contribution >= 4 is 16.9 Å². The molecule has 1 heterocycles. The third-order valence-electron chi connectivity index (χ3n) is 1.27. The van der Waals surface area contributed by atoms with Gasteiger partial charge in [-0.2, -0.15) is 0 Å². The second-order valence-electron chi connectivity index (χ2n) is 2.26. The highest BCUT2D eigenvalue weighted by Gasteiger charge is 2.16. The summed E-state index contributed by atoms with van der Waals surface area (Å²) in [6.07, 6.45) is 0. The monoisotopic (exact) mass is 147 g/mol. The molecule has 0 radical (unpaired) electrons. The average Bonchev–Trinajstić information content (AvgIpc) is 2.13. The molecule has 52 valence electrons. The molecule has 9 heavy (non-hydrogen) atoms. The number of halogens is 1. The third-order valence-corrected chi connectivity index (χ3v) is 1.57. The Morgan fingerprint density at radius 1 is 1.78 bits per heavy atom. The van der Waals surface area contributed by atoms with E-state index in [1.807, 2.05) is 4.90 Å². The number of nitrogens with zero attached hydrogens (tertiary/aromatic N) is 2. The Balaban J connectivity index is 2.53. The molecule has 0 fully saturated rings. The van der Waals surface area contributed by atoms with Gasteiger partial charge in [-0.1, -0.05) is 0 Å². The minimum atomic E-state index is 0.427. The van der Waals surface area contributed by atoms with Gasteiger partial charge in [0.05, 0.1) is 0 Å². The van der Waals surface area contributed by atoms with Crippen LogP contribution in [0.25, 0.3) is 0 Å². The molecule has 0 aromatic heterocycles. The summed E-state index contributed by atoms with van der Waals surface area (Å²) in [7, 11) is 0. The molecule has 1 rings (SSSR count). The van der Waals surface area contributed by atoms with Gasteiger partial charge in [0.2, 0.25) is 5.29 Å². The summed E-state index contributed by atoms with van der Waals surface area (Å²) >= 11 is 5.69. The Morgan fingerprint density at radius 2 is 2.44 bits per heavy atom. The largest absolute Gasteiger partial charge is 0.324 e. The molecule has 0 spiro atoms. The van der Waals surface area contributed by atoms with E-state index < -0.39 is 0 Å². The van der Waals surface area contributed by atoms with Gasteiger partial charge in [0.15, 0.2) is 0 Å². The lowest BCUT2D eigenvalue weighted by Crippen LogP contribution is -2.33. The highest BCUT2D eigenvalue weighted by Crippen LogP contribution is 2.05. The Labute approximate surface area is 59.7 Å². The molecule has 0 aliphatic carbocycles. The van der Waals surface area contributed by atoms with Crippen LogP contribution in [0.5, 0.6) is 0 Å². The molecule has 0 aromatic carbocycles. The van der Waals surface area contributed by atoms with Gasteiger partial charge in [0.25, 0.3) is 0 Å². The van der Waals surface area contributed by atoms with Crippen LogP contribution >= 0.6 is 11.6 Å². The SMILES string of the molecule is CC(C)N1CNN=C1Cl. The first-order valence-corrected chi connectivity index (χ1v) is 3.32. The van der Waals surface area contributed by atoms with Crippen molar-refractivity contribution in [2.24, 2.45) is 5.10 Å². The van der Waals surface area contributed by atoms with Crippen LogP contribution in [0.15, 0.2) is 5.10 Å². The van der Waals surface area contributed by atoms with Crippen molar-refractivity contribution in [3.8, 4) is 0 Å². The molecule has 0 saturated carbocycles. The Kier molecular flexibility index (Phi) is 1.81. The van der Waals surface area contributed by atoms with Crippen LogP contribution in [0.4, 0.5) is 0 Å². The minimum Gasteiger partial charge on any atom is -0.324 e. The Bertz CT molecular complexity index is 132. The van der Waals surface area contributed by atoms with E-state index in [9.17, 15) is 0 Å². The van der Waals surface area contributed by atoms with Gasteiger partial charge in [-0.15, -0.1) is 5.10 Å². The molecule has 4 heteroatoms. The topological polar surface area (TPSA) is 27.6 Å². The molecule has 1 N–H and O–H groups in total. The molecular weight excluding hydrogens is 138 g/mol. The summed E-state index contributed by atoms with van der Waals surface area (Å²) in [5, 5.41) is 4.36. The fourth-order valence-electron chi connectivity index (χ4n) is 0.702. The first-order chi connectivity index (χ1) is 4.22. The maximum absolute atomic E-state index is 5.69. The number of hydrazone groups is 1. The number of hydrogen-bond donors (Lipinski definition) is 1. The van der Waals surface area contributed by atoms with Crippen LogP contribution in [0, 0.1) is 0 Å². The van der Waals surface area contributed by atoms with Crippen molar-refractivity contribution < 1.29 is 0 Å². The predicted molar refractivity (Wildman–Crippen MR) is 38.3 cm³/mol. The van der Waals surface area contributed by atoms with E-state index in [1.54, 1.807) is 0 Å². The quantitative estimate of drug-likeness (QED) is 0.555. The standard InChI is InChI=1S/C5H10ClN3/c1-4(2)9-3-7-8-5(9)6/h4,7H,3H2,1-2H3. The van der Waals surface area contributed by atoms with Crippen LogP contribution in [-0.2, 0) is 0 Å². The van der Waals surface area contributed by atoms with Gasteiger partial charge in [-0.05, 0) is 25.4 Å².